The Hall–Kier alpha value is -0.120. The fourth-order valence-corrected chi connectivity index (χ4v) is 2.36. The molecule has 2 N–H and O–H groups in total. The van der Waals surface area contributed by atoms with Gasteiger partial charge in [-0.2, -0.15) is 0 Å². The molecule has 1 saturated carbocycles. The van der Waals surface area contributed by atoms with Crippen molar-refractivity contribution in [3.8, 4) is 0 Å². The normalized spacial score (nSPS) is 21.4. The van der Waals surface area contributed by atoms with E-state index in [0.29, 0.717) is 12.5 Å². The third-order valence-electron chi connectivity index (χ3n) is 3.40. The van der Waals surface area contributed by atoms with Crippen LogP contribution < -0.4 is 0 Å². The van der Waals surface area contributed by atoms with Gasteiger partial charge in [0.2, 0.25) is 0 Å². The van der Waals surface area contributed by atoms with Gasteiger partial charge in [-0.05, 0) is 26.3 Å². The first-order valence-corrected chi connectivity index (χ1v) is 5.73. The van der Waals surface area contributed by atoms with Crippen molar-refractivity contribution in [1.29, 1.82) is 0 Å². The summed E-state index contributed by atoms with van der Waals surface area (Å²) in [6.07, 6.45) is 7.16. The maximum absolute atomic E-state index is 9.21. The second-order valence-corrected chi connectivity index (χ2v) is 4.31. The SMILES string of the molecule is CN(C(CO)CCO)C1CCCCC1. The van der Waals surface area contributed by atoms with Gasteiger partial charge in [-0.3, -0.25) is 4.90 Å². The predicted molar refractivity (Wildman–Crippen MR) is 57.2 cm³/mol. The molecule has 0 amide bonds. The van der Waals surface area contributed by atoms with Crippen molar-refractivity contribution in [2.24, 2.45) is 0 Å². The highest BCUT2D eigenvalue weighted by atomic mass is 16.3. The Morgan fingerprint density at radius 2 is 1.86 bits per heavy atom. The number of hydrogen-bond donors (Lipinski definition) is 2. The van der Waals surface area contributed by atoms with Crippen LogP contribution in [0.2, 0.25) is 0 Å². The molecule has 1 aliphatic rings. The van der Waals surface area contributed by atoms with Gasteiger partial charge in [0.05, 0.1) is 6.61 Å². The first-order chi connectivity index (χ1) is 6.79. The maximum Gasteiger partial charge on any atom is 0.0587 e. The number of aliphatic hydroxyl groups excluding tert-OH is 2. The van der Waals surface area contributed by atoms with Crippen molar-refractivity contribution in [2.45, 2.75) is 50.6 Å². The van der Waals surface area contributed by atoms with Gasteiger partial charge in [-0.1, -0.05) is 19.3 Å². The molecule has 1 atom stereocenters. The average molecular weight is 201 g/mol. The number of nitrogens with zero attached hydrogens (tertiary/aromatic N) is 1. The van der Waals surface area contributed by atoms with Crippen molar-refractivity contribution in [1.82, 2.24) is 4.90 Å². The van der Waals surface area contributed by atoms with Crippen LogP contribution in [0.25, 0.3) is 0 Å². The van der Waals surface area contributed by atoms with Crippen LogP contribution in [0.4, 0.5) is 0 Å². The standard InChI is InChI=1S/C11H23NO2/c1-12(11(9-14)7-8-13)10-5-3-2-4-6-10/h10-11,13-14H,2-9H2,1H3. The van der Waals surface area contributed by atoms with E-state index >= 15 is 0 Å². The predicted octanol–water partition coefficient (Wildman–Crippen LogP) is 0.994. The molecule has 84 valence electrons. The molecule has 14 heavy (non-hydrogen) atoms. The van der Waals surface area contributed by atoms with Crippen molar-refractivity contribution in [3.05, 3.63) is 0 Å². The first kappa shape index (κ1) is 12.0. The summed E-state index contributed by atoms with van der Waals surface area (Å²) in [6.45, 7) is 0.329. The molecular formula is C11H23NO2. The lowest BCUT2D eigenvalue weighted by Gasteiger charge is -2.36. The van der Waals surface area contributed by atoms with E-state index in [4.69, 9.17) is 5.11 Å². The lowest BCUT2D eigenvalue weighted by molar-refractivity contribution is 0.0722. The van der Waals surface area contributed by atoms with Crippen molar-refractivity contribution >= 4 is 0 Å². The highest BCUT2D eigenvalue weighted by molar-refractivity contribution is 4.78. The molecule has 0 aromatic carbocycles. The summed E-state index contributed by atoms with van der Waals surface area (Å²) in [6, 6.07) is 0.760. The zero-order chi connectivity index (χ0) is 10.4. The molecule has 0 heterocycles. The fourth-order valence-electron chi connectivity index (χ4n) is 2.36. The monoisotopic (exact) mass is 201 g/mol. The van der Waals surface area contributed by atoms with E-state index in [-0.39, 0.29) is 19.3 Å². The van der Waals surface area contributed by atoms with E-state index < -0.39 is 0 Å². The summed E-state index contributed by atoms with van der Waals surface area (Å²) >= 11 is 0. The van der Waals surface area contributed by atoms with Crippen LogP contribution in [0.5, 0.6) is 0 Å². The number of rotatable bonds is 5. The Kier molecular flexibility index (Phi) is 5.45. The largest absolute Gasteiger partial charge is 0.396 e. The van der Waals surface area contributed by atoms with Crippen LogP contribution in [0.3, 0.4) is 0 Å². The summed E-state index contributed by atoms with van der Waals surface area (Å²) in [4.78, 5) is 2.26. The first-order valence-electron chi connectivity index (χ1n) is 5.73. The van der Waals surface area contributed by atoms with E-state index in [1.54, 1.807) is 0 Å². The molecule has 0 aromatic heterocycles. The minimum atomic E-state index is 0.142. The molecule has 0 saturated heterocycles. The molecule has 1 aliphatic carbocycles. The quantitative estimate of drug-likeness (QED) is 0.697. The molecule has 1 fully saturated rings. The van der Waals surface area contributed by atoms with E-state index in [9.17, 15) is 5.11 Å². The van der Waals surface area contributed by atoms with Gasteiger partial charge < -0.3 is 10.2 Å². The van der Waals surface area contributed by atoms with E-state index in [0.717, 1.165) is 0 Å². The van der Waals surface area contributed by atoms with Crippen molar-refractivity contribution < 1.29 is 10.2 Å². The van der Waals surface area contributed by atoms with Gasteiger partial charge in [-0.25, -0.2) is 0 Å². The fraction of sp³-hybridized carbons (Fsp3) is 1.00. The van der Waals surface area contributed by atoms with E-state index in [1.807, 2.05) is 0 Å². The molecule has 3 nitrogen and oxygen atoms in total. The second kappa shape index (κ2) is 6.38. The second-order valence-electron chi connectivity index (χ2n) is 4.31. The van der Waals surface area contributed by atoms with E-state index in [2.05, 4.69) is 11.9 Å². The van der Waals surface area contributed by atoms with Gasteiger partial charge in [0.25, 0.3) is 0 Å². The van der Waals surface area contributed by atoms with Crippen molar-refractivity contribution in [2.75, 3.05) is 20.3 Å². The van der Waals surface area contributed by atoms with Crippen LogP contribution >= 0.6 is 0 Å². The highest BCUT2D eigenvalue weighted by Crippen LogP contribution is 2.23. The van der Waals surface area contributed by atoms with Gasteiger partial charge in [0.1, 0.15) is 0 Å². The maximum atomic E-state index is 9.21. The Labute approximate surface area is 86.7 Å². The van der Waals surface area contributed by atoms with Crippen LogP contribution in [0.15, 0.2) is 0 Å². The topological polar surface area (TPSA) is 43.7 Å². The van der Waals surface area contributed by atoms with Gasteiger partial charge in [-0.15, -0.1) is 0 Å². The third-order valence-corrected chi connectivity index (χ3v) is 3.40. The Morgan fingerprint density at radius 3 is 2.36 bits per heavy atom. The summed E-state index contributed by atoms with van der Waals surface area (Å²) < 4.78 is 0. The third kappa shape index (κ3) is 3.23. The number of aliphatic hydroxyl groups is 2. The van der Waals surface area contributed by atoms with Crippen molar-refractivity contribution in [3.63, 3.8) is 0 Å². The molecule has 0 radical (unpaired) electrons. The van der Waals surface area contributed by atoms with Gasteiger partial charge >= 0.3 is 0 Å². The minimum absolute atomic E-state index is 0.142. The minimum Gasteiger partial charge on any atom is -0.396 e. The molecule has 0 aliphatic heterocycles. The smallest absolute Gasteiger partial charge is 0.0587 e. The highest BCUT2D eigenvalue weighted by Gasteiger charge is 2.23. The zero-order valence-electron chi connectivity index (χ0n) is 9.15. The number of hydrogen-bond acceptors (Lipinski definition) is 3. The van der Waals surface area contributed by atoms with Crippen LogP contribution in [-0.4, -0.2) is 47.5 Å². The van der Waals surface area contributed by atoms with Gasteiger partial charge in [0, 0.05) is 18.7 Å². The summed E-state index contributed by atoms with van der Waals surface area (Å²) in [5, 5.41) is 18.1. The molecule has 1 rings (SSSR count). The van der Waals surface area contributed by atoms with Crippen LogP contribution in [0, 0.1) is 0 Å². The van der Waals surface area contributed by atoms with Gasteiger partial charge in [0.15, 0.2) is 0 Å². The molecule has 0 aromatic rings. The Balaban J connectivity index is 2.38. The molecule has 1 unspecified atom stereocenters. The molecule has 0 spiro atoms. The molecule has 0 bridgehead atoms. The Bertz CT molecular complexity index is 141. The molecule has 3 heteroatoms. The Morgan fingerprint density at radius 1 is 1.21 bits per heavy atom. The molecular weight excluding hydrogens is 178 g/mol. The summed E-state index contributed by atoms with van der Waals surface area (Å²) in [7, 11) is 2.08. The van der Waals surface area contributed by atoms with Crippen LogP contribution in [-0.2, 0) is 0 Å². The lowest BCUT2D eigenvalue weighted by atomic mass is 9.93. The average Bonchev–Trinajstić information content (AvgIpc) is 2.26. The summed E-state index contributed by atoms with van der Waals surface area (Å²) in [5.74, 6) is 0. The summed E-state index contributed by atoms with van der Waals surface area (Å²) in [5.41, 5.74) is 0. The number of likely N-dealkylation sites (N-methyl/N-ethyl adjacent to an activating group) is 1. The lowest BCUT2D eigenvalue weighted by Crippen LogP contribution is -2.43. The zero-order valence-corrected chi connectivity index (χ0v) is 9.15. The van der Waals surface area contributed by atoms with E-state index in [1.165, 1.54) is 32.1 Å². The van der Waals surface area contributed by atoms with Crippen LogP contribution in [0.1, 0.15) is 38.5 Å².